The number of benzene rings is 2. The van der Waals surface area contributed by atoms with Crippen molar-refractivity contribution in [3.05, 3.63) is 46.5 Å². The van der Waals surface area contributed by atoms with Gasteiger partial charge in [-0.15, -0.1) is 0 Å². The molecule has 2 aromatic rings. The van der Waals surface area contributed by atoms with Crippen LogP contribution in [0, 0.1) is 0 Å². The Balaban J connectivity index is 1.48. The van der Waals surface area contributed by atoms with Crippen LogP contribution in [-0.4, -0.2) is 52.4 Å². The van der Waals surface area contributed by atoms with E-state index in [1.807, 2.05) is 24.3 Å². The van der Waals surface area contributed by atoms with Crippen LogP contribution in [0.5, 0.6) is 23.0 Å². The first-order valence-corrected chi connectivity index (χ1v) is 10.4. The molecule has 9 heteroatoms. The number of fused-ring (bicyclic) bond motifs is 4. The average Bonchev–Trinajstić information content (AvgIpc) is 3.49. The highest BCUT2D eigenvalue weighted by molar-refractivity contribution is 5.67. The Bertz CT molecular complexity index is 1040. The van der Waals surface area contributed by atoms with E-state index in [4.69, 9.17) is 33.2 Å². The largest absolute Gasteiger partial charge is 0.454 e. The molecule has 0 N–H and O–H groups in total. The van der Waals surface area contributed by atoms with Crippen molar-refractivity contribution in [2.45, 2.75) is 25.2 Å². The molecule has 0 fully saturated rings. The lowest BCUT2D eigenvalue weighted by Crippen LogP contribution is -2.29. The molecule has 0 aromatic heterocycles. The maximum absolute atomic E-state index is 11.8. The molecular formula is C23H25NO8. The van der Waals surface area contributed by atoms with Gasteiger partial charge in [-0.2, -0.15) is 0 Å². The Hall–Kier alpha value is -3.17. The van der Waals surface area contributed by atoms with E-state index < -0.39 is 6.29 Å². The van der Waals surface area contributed by atoms with Gasteiger partial charge in [0.05, 0.1) is 18.8 Å². The van der Waals surface area contributed by atoms with Gasteiger partial charge in [0.2, 0.25) is 13.6 Å². The number of ether oxygens (including phenoxy) is 7. The Labute approximate surface area is 185 Å². The third-order valence-corrected chi connectivity index (χ3v) is 6.00. The SMILES string of the molecule is COC(=O)N(C)CCc1cc2c(cc1C1Cc3ccc4c(c3C(OC)O1)OCO4)OCO2. The molecule has 3 heterocycles. The van der Waals surface area contributed by atoms with Gasteiger partial charge in [0.25, 0.3) is 0 Å². The first-order valence-electron chi connectivity index (χ1n) is 10.4. The zero-order chi connectivity index (χ0) is 22.2. The molecule has 3 aliphatic rings. The van der Waals surface area contributed by atoms with Crippen molar-refractivity contribution in [2.75, 3.05) is 41.4 Å². The van der Waals surface area contributed by atoms with Gasteiger partial charge in [-0.1, -0.05) is 6.07 Å². The molecule has 2 atom stereocenters. The van der Waals surface area contributed by atoms with E-state index in [2.05, 4.69) is 0 Å². The Morgan fingerprint density at radius 3 is 2.59 bits per heavy atom. The molecule has 1 amide bonds. The summed E-state index contributed by atoms with van der Waals surface area (Å²) in [5, 5.41) is 0. The van der Waals surface area contributed by atoms with Crippen molar-refractivity contribution in [3.8, 4) is 23.0 Å². The van der Waals surface area contributed by atoms with Crippen LogP contribution >= 0.6 is 0 Å². The van der Waals surface area contributed by atoms with Crippen LogP contribution in [0.15, 0.2) is 24.3 Å². The monoisotopic (exact) mass is 443 g/mol. The molecule has 0 aliphatic carbocycles. The van der Waals surface area contributed by atoms with E-state index in [1.54, 1.807) is 14.2 Å². The van der Waals surface area contributed by atoms with Gasteiger partial charge in [0, 0.05) is 27.1 Å². The lowest BCUT2D eigenvalue weighted by atomic mass is 9.90. The lowest BCUT2D eigenvalue weighted by molar-refractivity contribution is -0.171. The van der Waals surface area contributed by atoms with Gasteiger partial charge in [-0.05, 0) is 41.3 Å². The fourth-order valence-electron chi connectivity index (χ4n) is 4.34. The molecule has 9 nitrogen and oxygen atoms in total. The highest BCUT2D eigenvalue weighted by atomic mass is 16.7. The summed E-state index contributed by atoms with van der Waals surface area (Å²) < 4.78 is 39.3. The number of carbonyl (C=O) groups is 1. The topological polar surface area (TPSA) is 84.9 Å². The van der Waals surface area contributed by atoms with Gasteiger partial charge in [-0.3, -0.25) is 0 Å². The van der Waals surface area contributed by atoms with Crippen LogP contribution < -0.4 is 18.9 Å². The first kappa shape index (κ1) is 20.7. The number of rotatable bonds is 5. The van der Waals surface area contributed by atoms with E-state index in [1.165, 1.54) is 12.0 Å². The van der Waals surface area contributed by atoms with Crippen LogP contribution in [0.1, 0.15) is 34.6 Å². The number of hydrogen-bond acceptors (Lipinski definition) is 8. The Morgan fingerprint density at radius 2 is 1.81 bits per heavy atom. The van der Waals surface area contributed by atoms with Crippen LogP contribution in [0.25, 0.3) is 0 Å². The molecule has 3 aliphatic heterocycles. The second kappa shape index (κ2) is 8.40. The van der Waals surface area contributed by atoms with Gasteiger partial charge in [0.1, 0.15) is 0 Å². The van der Waals surface area contributed by atoms with Crippen LogP contribution in [0.3, 0.4) is 0 Å². The normalized spacial score (nSPS) is 20.1. The van der Waals surface area contributed by atoms with Crippen molar-refractivity contribution in [2.24, 2.45) is 0 Å². The molecule has 0 radical (unpaired) electrons. The highest BCUT2D eigenvalue weighted by Gasteiger charge is 2.36. The predicted octanol–water partition coefficient (Wildman–Crippen LogP) is 3.34. The quantitative estimate of drug-likeness (QED) is 0.696. The standard InChI is InChI=1S/C23H25NO8/c1-24(23(25)27-3)7-6-13-8-18-19(30-11-29-18)10-15(13)17-9-14-4-5-16-21(31-12-28-16)20(14)22(26-2)32-17/h4-5,8,10,17,22H,6-7,9,11-12H2,1-3H3. The van der Waals surface area contributed by atoms with Crippen molar-refractivity contribution in [1.29, 1.82) is 0 Å². The fraction of sp³-hybridized carbons (Fsp3) is 0.435. The second-order valence-corrected chi connectivity index (χ2v) is 7.81. The van der Waals surface area contributed by atoms with Crippen molar-refractivity contribution in [3.63, 3.8) is 0 Å². The number of hydrogen-bond donors (Lipinski definition) is 0. The molecule has 32 heavy (non-hydrogen) atoms. The molecule has 2 aromatic carbocycles. The summed E-state index contributed by atoms with van der Waals surface area (Å²) in [6, 6.07) is 7.87. The van der Waals surface area contributed by atoms with E-state index in [-0.39, 0.29) is 25.8 Å². The first-order chi connectivity index (χ1) is 15.6. The van der Waals surface area contributed by atoms with Gasteiger partial charge >= 0.3 is 6.09 Å². The third-order valence-electron chi connectivity index (χ3n) is 6.00. The minimum atomic E-state index is -0.601. The third kappa shape index (κ3) is 3.57. The number of amides is 1. The van der Waals surface area contributed by atoms with Crippen molar-refractivity contribution in [1.82, 2.24) is 4.90 Å². The molecular weight excluding hydrogens is 418 g/mol. The van der Waals surface area contributed by atoms with Crippen molar-refractivity contribution >= 4 is 6.09 Å². The number of methoxy groups -OCH3 is 2. The van der Waals surface area contributed by atoms with Gasteiger partial charge < -0.3 is 38.1 Å². The maximum Gasteiger partial charge on any atom is 0.409 e. The smallest absolute Gasteiger partial charge is 0.409 e. The highest BCUT2D eigenvalue weighted by Crippen LogP contribution is 2.49. The zero-order valence-corrected chi connectivity index (χ0v) is 18.2. The van der Waals surface area contributed by atoms with Crippen LogP contribution in [0.2, 0.25) is 0 Å². The molecule has 0 spiro atoms. The molecule has 170 valence electrons. The van der Waals surface area contributed by atoms with E-state index in [0.29, 0.717) is 42.4 Å². The summed E-state index contributed by atoms with van der Waals surface area (Å²) in [5.41, 5.74) is 3.92. The maximum atomic E-state index is 11.8. The van der Waals surface area contributed by atoms with Crippen molar-refractivity contribution < 1.29 is 38.0 Å². The summed E-state index contributed by atoms with van der Waals surface area (Å²) in [6.45, 7) is 0.847. The number of likely N-dealkylation sites (N-methyl/N-ethyl adjacent to an activating group) is 1. The Kier molecular flexibility index (Phi) is 5.44. The molecule has 0 bridgehead atoms. The minimum Gasteiger partial charge on any atom is -0.454 e. The number of carbonyl (C=O) groups excluding carboxylic acids is 1. The van der Waals surface area contributed by atoms with Gasteiger partial charge in [-0.25, -0.2) is 4.79 Å². The van der Waals surface area contributed by atoms with E-state index in [9.17, 15) is 4.79 Å². The molecule has 5 rings (SSSR count). The minimum absolute atomic E-state index is 0.179. The lowest BCUT2D eigenvalue weighted by Gasteiger charge is -2.33. The molecule has 0 saturated heterocycles. The molecule has 0 saturated carbocycles. The predicted molar refractivity (Wildman–Crippen MR) is 111 cm³/mol. The van der Waals surface area contributed by atoms with Gasteiger partial charge in [0.15, 0.2) is 29.3 Å². The summed E-state index contributed by atoms with van der Waals surface area (Å²) in [6.07, 6.45) is -0.0307. The van der Waals surface area contributed by atoms with E-state index in [0.717, 1.165) is 22.3 Å². The second-order valence-electron chi connectivity index (χ2n) is 7.81. The zero-order valence-electron chi connectivity index (χ0n) is 18.2. The number of nitrogens with zero attached hydrogens (tertiary/aromatic N) is 1. The molecule has 2 unspecified atom stereocenters. The Morgan fingerprint density at radius 1 is 1.06 bits per heavy atom. The average molecular weight is 443 g/mol. The van der Waals surface area contributed by atoms with Crippen LogP contribution in [-0.2, 0) is 27.1 Å². The summed E-state index contributed by atoms with van der Waals surface area (Å²) in [7, 11) is 4.68. The fourth-order valence-corrected chi connectivity index (χ4v) is 4.34. The summed E-state index contributed by atoms with van der Waals surface area (Å²) in [4.78, 5) is 13.3. The van der Waals surface area contributed by atoms with E-state index >= 15 is 0 Å². The van der Waals surface area contributed by atoms with Crippen LogP contribution in [0.4, 0.5) is 4.79 Å². The summed E-state index contributed by atoms with van der Waals surface area (Å²) >= 11 is 0. The summed E-state index contributed by atoms with van der Waals surface area (Å²) in [5.74, 6) is 2.74.